The molecule has 6 nitrogen and oxygen atoms in total. The number of aryl methyl sites for hydroxylation is 1. The highest BCUT2D eigenvalue weighted by Crippen LogP contribution is 2.30. The molecule has 0 spiro atoms. The Kier molecular flexibility index (Phi) is 3.48. The zero-order chi connectivity index (χ0) is 15.9. The summed E-state index contributed by atoms with van der Waals surface area (Å²) in [5, 5.41) is 9.99. The average Bonchev–Trinajstić information content (AvgIpc) is 3.32. The second-order valence-corrected chi connectivity index (χ2v) is 7.36. The predicted molar refractivity (Wildman–Crippen MR) is 95.5 cm³/mol. The lowest BCUT2D eigenvalue weighted by atomic mass is 10.2. The second-order valence-electron chi connectivity index (χ2n) is 6.55. The number of aromatic nitrogens is 4. The lowest BCUT2D eigenvalue weighted by molar-refractivity contribution is 0.240. The van der Waals surface area contributed by atoms with Crippen molar-refractivity contribution >= 4 is 27.4 Å². The van der Waals surface area contributed by atoms with E-state index in [1.165, 1.54) is 16.5 Å². The average molecular weight is 340 g/mol. The number of anilines is 1. The Labute approximate surface area is 144 Å². The number of hydrogen-bond acceptors (Lipinski definition) is 6. The van der Waals surface area contributed by atoms with Crippen molar-refractivity contribution in [1.82, 2.24) is 24.0 Å². The monoisotopic (exact) mass is 340 g/mol. The van der Waals surface area contributed by atoms with Gasteiger partial charge < -0.3 is 9.47 Å². The molecule has 0 aliphatic carbocycles. The highest BCUT2D eigenvalue weighted by Gasteiger charge is 2.23. The molecule has 3 aromatic rings. The Morgan fingerprint density at radius 2 is 1.88 bits per heavy atom. The molecule has 5 rings (SSSR count). The summed E-state index contributed by atoms with van der Waals surface area (Å²) < 4.78 is 8.27. The third-order valence-corrected chi connectivity index (χ3v) is 5.90. The molecule has 2 aliphatic rings. The minimum Gasteiger partial charge on any atom is -0.353 e. The first-order valence-electron chi connectivity index (χ1n) is 8.61. The lowest BCUT2D eigenvalue weighted by Crippen LogP contribution is -2.46. The van der Waals surface area contributed by atoms with E-state index in [0.29, 0.717) is 0 Å². The van der Waals surface area contributed by atoms with E-state index in [9.17, 15) is 0 Å². The van der Waals surface area contributed by atoms with E-state index in [2.05, 4.69) is 53.2 Å². The molecule has 0 bridgehead atoms. The first-order chi connectivity index (χ1) is 11.9. The van der Waals surface area contributed by atoms with Gasteiger partial charge in [0.15, 0.2) is 0 Å². The fourth-order valence-corrected chi connectivity index (χ4v) is 4.54. The molecule has 0 amide bonds. The number of hydrogen-bond donors (Lipinski definition) is 0. The molecule has 0 saturated carbocycles. The number of fused-ring (bicyclic) bond motifs is 2. The Hall–Kier alpha value is -1.99. The van der Waals surface area contributed by atoms with E-state index in [1.54, 1.807) is 11.5 Å². The Bertz CT molecular complexity index is 861. The van der Waals surface area contributed by atoms with E-state index in [0.717, 1.165) is 63.2 Å². The third kappa shape index (κ3) is 2.39. The zero-order valence-electron chi connectivity index (χ0n) is 13.6. The van der Waals surface area contributed by atoms with Crippen LogP contribution in [0.15, 0.2) is 24.3 Å². The maximum Gasteiger partial charge on any atom is 0.150 e. The first kappa shape index (κ1) is 14.4. The maximum absolute atomic E-state index is 4.69. The van der Waals surface area contributed by atoms with Gasteiger partial charge in [-0.2, -0.15) is 4.37 Å². The van der Waals surface area contributed by atoms with Crippen LogP contribution in [0.2, 0.25) is 0 Å². The van der Waals surface area contributed by atoms with Crippen molar-refractivity contribution < 1.29 is 0 Å². The second kappa shape index (κ2) is 5.82. The predicted octanol–water partition coefficient (Wildman–Crippen LogP) is 2.16. The SMILES string of the molecule is c1ccc2c(N3CCN(Cc4nnc5n4CCC5)CC3)nsc2c1. The molecule has 0 radical (unpaired) electrons. The highest BCUT2D eigenvalue weighted by atomic mass is 32.1. The molecule has 0 N–H and O–H groups in total. The van der Waals surface area contributed by atoms with Crippen molar-refractivity contribution in [2.24, 2.45) is 0 Å². The van der Waals surface area contributed by atoms with E-state index in [4.69, 9.17) is 0 Å². The third-order valence-electron chi connectivity index (χ3n) is 5.08. The molecule has 124 valence electrons. The number of nitrogens with zero attached hydrogens (tertiary/aromatic N) is 6. The summed E-state index contributed by atoms with van der Waals surface area (Å²) in [7, 11) is 0. The smallest absolute Gasteiger partial charge is 0.150 e. The van der Waals surface area contributed by atoms with Gasteiger partial charge in [-0.1, -0.05) is 12.1 Å². The summed E-state index contributed by atoms with van der Waals surface area (Å²) in [6, 6.07) is 8.51. The van der Waals surface area contributed by atoms with Crippen molar-refractivity contribution in [3.05, 3.63) is 35.9 Å². The molecular formula is C17H20N6S. The van der Waals surface area contributed by atoms with Gasteiger partial charge >= 0.3 is 0 Å². The molecule has 0 unspecified atom stereocenters. The summed E-state index contributed by atoms with van der Waals surface area (Å²) in [4.78, 5) is 4.91. The van der Waals surface area contributed by atoms with E-state index in [-0.39, 0.29) is 0 Å². The largest absolute Gasteiger partial charge is 0.353 e. The van der Waals surface area contributed by atoms with Gasteiger partial charge in [-0.3, -0.25) is 4.90 Å². The zero-order valence-corrected chi connectivity index (χ0v) is 14.4. The topological polar surface area (TPSA) is 50.1 Å². The van der Waals surface area contributed by atoms with Crippen molar-refractivity contribution in [1.29, 1.82) is 0 Å². The minimum absolute atomic E-state index is 0.915. The van der Waals surface area contributed by atoms with Crippen molar-refractivity contribution in [2.75, 3.05) is 31.1 Å². The van der Waals surface area contributed by atoms with E-state index in [1.807, 2.05) is 0 Å². The fraction of sp³-hybridized carbons (Fsp3) is 0.471. The summed E-state index contributed by atoms with van der Waals surface area (Å²) in [5.41, 5.74) is 0. The van der Waals surface area contributed by atoms with Gasteiger partial charge in [0.25, 0.3) is 0 Å². The van der Waals surface area contributed by atoms with Gasteiger partial charge in [0, 0.05) is 44.5 Å². The molecule has 1 aromatic carbocycles. The standard InChI is InChI=1S/C17H20N6S/c1-2-5-14-13(4-1)17(20-24-14)22-10-8-21(9-11-22)12-16-19-18-15-6-3-7-23(15)16/h1-2,4-5H,3,6-12H2. The molecule has 4 heterocycles. The van der Waals surface area contributed by atoms with Crippen LogP contribution in [-0.2, 0) is 19.5 Å². The highest BCUT2D eigenvalue weighted by molar-refractivity contribution is 7.13. The van der Waals surface area contributed by atoms with Crippen molar-refractivity contribution in [3.8, 4) is 0 Å². The normalized spacial score (nSPS) is 18.4. The number of rotatable bonds is 3. The van der Waals surface area contributed by atoms with Crippen LogP contribution < -0.4 is 4.90 Å². The van der Waals surface area contributed by atoms with Crippen LogP contribution in [0.1, 0.15) is 18.1 Å². The minimum atomic E-state index is 0.915. The van der Waals surface area contributed by atoms with Crippen LogP contribution >= 0.6 is 11.5 Å². The van der Waals surface area contributed by atoms with Gasteiger partial charge in [0.1, 0.15) is 17.5 Å². The lowest BCUT2D eigenvalue weighted by Gasteiger charge is -2.34. The molecule has 2 aliphatic heterocycles. The molecule has 1 saturated heterocycles. The molecular weight excluding hydrogens is 320 g/mol. The maximum atomic E-state index is 4.69. The summed E-state index contributed by atoms with van der Waals surface area (Å²) in [6.45, 7) is 6.15. The van der Waals surface area contributed by atoms with Crippen LogP contribution in [0, 0.1) is 0 Å². The summed E-state index contributed by atoms with van der Waals surface area (Å²) in [6.07, 6.45) is 2.29. The molecule has 1 fully saturated rings. The van der Waals surface area contributed by atoms with Crippen LogP contribution in [0.5, 0.6) is 0 Å². The van der Waals surface area contributed by atoms with E-state index >= 15 is 0 Å². The Morgan fingerprint density at radius 1 is 1.00 bits per heavy atom. The van der Waals surface area contributed by atoms with Crippen LogP contribution in [-0.4, -0.2) is 50.2 Å². The molecule has 24 heavy (non-hydrogen) atoms. The number of piperazine rings is 1. The van der Waals surface area contributed by atoms with Crippen LogP contribution in [0.3, 0.4) is 0 Å². The first-order valence-corrected chi connectivity index (χ1v) is 9.38. The van der Waals surface area contributed by atoms with Crippen molar-refractivity contribution in [2.45, 2.75) is 25.9 Å². The molecule has 7 heteroatoms. The van der Waals surface area contributed by atoms with Crippen LogP contribution in [0.4, 0.5) is 5.82 Å². The number of benzene rings is 1. The fourth-order valence-electron chi connectivity index (χ4n) is 3.75. The molecule has 2 aromatic heterocycles. The van der Waals surface area contributed by atoms with Crippen molar-refractivity contribution in [3.63, 3.8) is 0 Å². The Morgan fingerprint density at radius 3 is 2.79 bits per heavy atom. The summed E-state index contributed by atoms with van der Waals surface area (Å²) >= 11 is 1.60. The quantitative estimate of drug-likeness (QED) is 0.731. The van der Waals surface area contributed by atoms with Gasteiger partial charge in [0.2, 0.25) is 0 Å². The molecule has 0 atom stereocenters. The van der Waals surface area contributed by atoms with Gasteiger partial charge in [-0.05, 0) is 30.1 Å². The van der Waals surface area contributed by atoms with Gasteiger partial charge in [0.05, 0.1) is 11.2 Å². The van der Waals surface area contributed by atoms with E-state index < -0.39 is 0 Å². The Balaban J connectivity index is 1.27. The van der Waals surface area contributed by atoms with Gasteiger partial charge in [-0.15, -0.1) is 10.2 Å². The van der Waals surface area contributed by atoms with Gasteiger partial charge in [-0.25, -0.2) is 0 Å². The summed E-state index contributed by atoms with van der Waals surface area (Å²) in [5.74, 6) is 3.45. The van der Waals surface area contributed by atoms with Crippen LogP contribution in [0.25, 0.3) is 10.1 Å².